The van der Waals surface area contributed by atoms with E-state index in [4.69, 9.17) is 0 Å². The Balaban J connectivity index is 1.93. The summed E-state index contributed by atoms with van der Waals surface area (Å²) < 4.78 is 0. The van der Waals surface area contributed by atoms with Crippen LogP contribution in [0.3, 0.4) is 0 Å². The topological polar surface area (TPSA) is 41.1 Å². The lowest BCUT2D eigenvalue weighted by Crippen LogP contribution is -2.25. The van der Waals surface area contributed by atoms with Crippen molar-refractivity contribution in [3.8, 4) is 0 Å². The zero-order chi connectivity index (χ0) is 13.0. The summed E-state index contributed by atoms with van der Waals surface area (Å²) >= 11 is 0. The van der Waals surface area contributed by atoms with Gasteiger partial charge in [0, 0.05) is 23.3 Å². The maximum atomic E-state index is 11.8. The molecule has 1 amide bonds. The molecule has 0 radical (unpaired) electrons. The number of hydrogen-bond donors (Lipinski definition) is 2. The summed E-state index contributed by atoms with van der Waals surface area (Å²) in [7, 11) is 0. The first-order valence-corrected chi connectivity index (χ1v) is 6.90. The van der Waals surface area contributed by atoms with Crippen LogP contribution in [0.2, 0.25) is 0 Å². The van der Waals surface area contributed by atoms with Gasteiger partial charge in [0.1, 0.15) is 0 Å². The molecule has 0 spiro atoms. The van der Waals surface area contributed by atoms with Crippen LogP contribution >= 0.6 is 0 Å². The van der Waals surface area contributed by atoms with E-state index in [1.807, 2.05) is 24.3 Å². The second-order valence-corrected chi connectivity index (χ2v) is 4.98. The number of benzene rings is 1. The molecule has 0 heterocycles. The molecule has 1 aromatic carbocycles. The largest absolute Gasteiger partial charge is 0.382 e. The number of carbonyl (C=O) groups excluding carboxylic acids is 1. The van der Waals surface area contributed by atoms with Gasteiger partial charge in [0.2, 0.25) is 0 Å². The SMILES string of the molecule is CCC(CC)Nc1ccc(C(=O)NC2CC2)cc1. The number of amides is 1. The van der Waals surface area contributed by atoms with Crippen molar-refractivity contribution >= 4 is 11.6 Å². The summed E-state index contributed by atoms with van der Waals surface area (Å²) in [5.41, 5.74) is 1.84. The predicted molar refractivity (Wildman–Crippen MR) is 74.9 cm³/mol. The van der Waals surface area contributed by atoms with E-state index in [1.165, 1.54) is 0 Å². The Bertz CT molecular complexity index is 391. The average Bonchev–Trinajstić information content (AvgIpc) is 3.20. The Morgan fingerprint density at radius 1 is 1.22 bits per heavy atom. The lowest BCUT2D eigenvalue weighted by atomic mass is 10.1. The lowest BCUT2D eigenvalue weighted by Gasteiger charge is -2.16. The highest BCUT2D eigenvalue weighted by molar-refractivity contribution is 5.94. The van der Waals surface area contributed by atoms with Crippen molar-refractivity contribution in [1.29, 1.82) is 0 Å². The molecule has 1 aliphatic carbocycles. The van der Waals surface area contributed by atoms with Crippen LogP contribution in [0, 0.1) is 0 Å². The average molecular weight is 246 g/mol. The van der Waals surface area contributed by atoms with Crippen LogP contribution in [0.4, 0.5) is 5.69 Å². The number of hydrogen-bond acceptors (Lipinski definition) is 2. The molecule has 3 heteroatoms. The second-order valence-electron chi connectivity index (χ2n) is 4.98. The predicted octanol–water partition coefficient (Wildman–Crippen LogP) is 3.18. The Labute approximate surface area is 109 Å². The van der Waals surface area contributed by atoms with Gasteiger partial charge in [-0.15, -0.1) is 0 Å². The summed E-state index contributed by atoms with van der Waals surface area (Å²) in [6.45, 7) is 4.36. The third-order valence-corrected chi connectivity index (χ3v) is 3.42. The maximum Gasteiger partial charge on any atom is 0.251 e. The number of anilines is 1. The molecule has 98 valence electrons. The monoisotopic (exact) mass is 246 g/mol. The van der Waals surface area contributed by atoms with Crippen LogP contribution in [0.5, 0.6) is 0 Å². The van der Waals surface area contributed by atoms with Crippen molar-refractivity contribution in [2.75, 3.05) is 5.32 Å². The summed E-state index contributed by atoms with van der Waals surface area (Å²) in [5, 5.41) is 6.46. The molecule has 1 saturated carbocycles. The zero-order valence-electron chi connectivity index (χ0n) is 11.2. The van der Waals surface area contributed by atoms with Crippen LogP contribution in [0.1, 0.15) is 49.9 Å². The van der Waals surface area contributed by atoms with Gasteiger partial charge in [-0.1, -0.05) is 13.8 Å². The standard InChI is InChI=1S/C15H22N2O/c1-3-12(4-2)16-13-7-5-11(6-8-13)15(18)17-14-9-10-14/h5-8,12,14,16H,3-4,9-10H2,1-2H3,(H,17,18). The van der Waals surface area contributed by atoms with Gasteiger partial charge in [-0.3, -0.25) is 4.79 Å². The highest BCUT2D eigenvalue weighted by Gasteiger charge is 2.23. The third kappa shape index (κ3) is 3.49. The molecule has 1 fully saturated rings. The zero-order valence-corrected chi connectivity index (χ0v) is 11.2. The van der Waals surface area contributed by atoms with Gasteiger partial charge in [0.05, 0.1) is 0 Å². The fourth-order valence-electron chi connectivity index (χ4n) is 1.94. The first kappa shape index (κ1) is 12.9. The molecule has 0 saturated heterocycles. The van der Waals surface area contributed by atoms with Crippen molar-refractivity contribution in [2.24, 2.45) is 0 Å². The van der Waals surface area contributed by atoms with E-state index in [0.29, 0.717) is 12.1 Å². The van der Waals surface area contributed by atoms with Gasteiger partial charge in [-0.05, 0) is 49.9 Å². The van der Waals surface area contributed by atoms with Crippen LogP contribution < -0.4 is 10.6 Å². The molecule has 0 aliphatic heterocycles. The Hall–Kier alpha value is -1.51. The first-order valence-electron chi connectivity index (χ1n) is 6.90. The van der Waals surface area contributed by atoms with Gasteiger partial charge in [-0.2, -0.15) is 0 Å². The molecule has 3 nitrogen and oxygen atoms in total. The number of rotatable bonds is 6. The quantitative estimate of drug-likeness (QED) is 0.809. The summed E-state index contributed by atoms with van der Waals surface area (Å²) in [6, 6.07) is 8.68. The first-order chi connectivity index (χ1) is 8.72. The Morgan fingerprint density at radius 2 is 1.83 bits per heavy atom. The molecule has 0 atom stereocenters. The molecular formula is C15H22N2O. The molecular weight excluding hydrogens is 224 g/mol. The van der Waals surface area contributed by atoms with Crippen LogP contribution in [0.15, 0.2) is 24.3 Å². The second kappa shape index (κ2) is 5.89. The Morgan fingerprint density at radius 3 is 2.33 bits per heavy atom. The fraction of sp³-hybridized carbons (Fsp3) is 0.533. The van der Waals surface area contributed by atoms with Crippen LogP contribution in [-0.2, 0) is 0 Å². The van der Waals surface area contributed by atoms with Gasteiger partial charge in [-0.25, -0.2) is 0 Å². The van der Waals surface area contributed by atoms with E-state index in [-0.39, 0.29) is 5.91 Å². The van der Waals surface area contributed by atoms with E-state index in [9.17, 15) is 4.79 Å². The van der Waals surface area contributed by atoms with Gasteiger partial charge in [0.15, 0.2) is 0 Å². The molecule has 1 aromatic rings. The number of nitrogens with one attached hydrogen (secondary N) is 2. The van der Waals surface area contributed by atoms with Gasteiger partial charge in [0.25, 0.3) is 5.91 Å². The van der Waals surface area contributed by atoms with E-state index < -0.39 is 0 Å². The lowest BCUT2D eigenvalue weighted by molar-refractivity contribution is 0.0951. The van der Waals surface area contributed by atoms with E-state index >= 15 is 0 Å². The van der Waals surface area contributed by atoms with E-state index in [1.54, 1.807) is 0 Å². The molecule has 0 aromatic heterocycles. The summed E-state index contributed by atoms with van der Waals surface area (Å²) in [6.07, 6.45) is 4.47. The van der Waals surface area contributed by atoms with E-state index in [0.717, 1.165) is 36.9 Å². The minimum Gasteiger partial charge on any atom is -0.382 e. The minimum atomic E-state index is 0.0478. The summed E-state index contributed by atoms with van der Waals surface area (Å²) in [4.78, 5) is 11.8. The van der Waals surface area contributed by atoms with Crippen molar-refractivity contribution in [3.63, 3.8) is 0 Å². The molecule has 1 aliphatic rings. The fourth-order valence-corrected chi connectivity index (χ4v) is 1.94. The van der Waals surface area contributed by atoms with Gasteiger partial charge < -0.3 is 10.6 Å². The van der Waals surface area contributed by atoms with Crippen molar-refractivity contribution in [3.05, 3.63) is 29.8 Å². The van der Waals surface area contributed by atoms with Crippen molar-refractivity contribution < 1.29 is 4.79 Å². The number of carbonyl (C=O) groups is 1. The molecule has 2 N–H and O–H groups in total. The van der Waals surface area contributed by atoms with Gasteiger partial charge >= 0.3 is 0 Å². The highest BCUT2D eigenvalue weighted by Crippen LogP contribution is 2.20. The van der Waals surface area contributed by atoms with E-state index in [2.05, 4.69) is 24.5 Å². The highest BCUT2D eigenvalue weighted by atomic mass is 16.1. The van der Waals surface area contributed by atoms with Crippen LogP contribution in [-0.4, -0.2) is 18.0 Å². The van der Waals surface area contributed by atoms with Crippen molar-refractivity contribution in [1.82, 2.24) is 5.32 Å². The minimum absolute atomic E-state index is 0.0478. The molecule has 0 unspecified atom stereocenters. The normalized spacial score (nSPS) is 14.6. The summed E-state index contributed by atoms with van der Waals surface area (Å²) in [5.74, 6) is 0.0478. The van der Waals surface area contributed by atoms with Crippen LogP contribution in [0.25, 0.3) is 0 Å². The molecule has 0 bridgehead atoms. The molecule has 18 heavy (non-hydrogen) atoms. The van der Waals surface area contributed by atoms with Crippen molar-refractivity contribution in [2.45, 2.75) is 51.6 Å². The third-order valence-electron chi connectivity index (χ3n) is 3.42. The smallest absolute Gasteiger partial charge is 0.251 e. The molecule has 2 rings (SSSR count). The maximum absolute atomic E-state index is 11.8. The Kier molecular flexibility index (Phi) is 4.24.